The number of carboxylic acid groups (broad SMARTS) is 2. The summed E-state index contributed by atoms with van der Waals surface area (Å²) in [7, 11) is -3.95. The molecule has 0 saturated heterocycles. The summed E-state index contributed by atoms with van der Waals surface area (Å²) in [6.07, 6.45) is -2.76. The molecule has 1 unspecified atom stereocenters. The standard InChI is InChI=1S/C6H10O7S/c1-2-14(11,12)13-4(6(9)10)3-5(7)8/h4H,2-3H2,1H3,(H,7,8)(H,9,10). The molecule has 0 aromatic carbocycles. The van der Waals surface area contributed by atoms with Crippen molar-refractivity contribution in [1.29, 1.82) is 0 Å². The summed E-state index contributed by atoms with van der Waals surface area (Å²) in [6, 6.07) is 0. The van der Waals surface area contributed by atoms with Gasteiger partial charge in [-0.05, 0) is 6.92 Å². The van der Waals surface area contributed by atoms with Crippen LogP contribution in [0.5, 0.6) is 0 Å². The van der Waals surface area contributed by atoms with Gasteiger partial charge < -0.3 is 10.2 Å². The molecule has 0 saturated carbocycles. The van der Waals surface area contributed by atoms with E-state index in [0.717, 1.165) is 0 Å². The van der Waals surface area contributed by atoms with E-state index in [2.05, 4.69) is 4.18 Å². The van der Waals surface area contributed by atoms with Crippen LogP contribution in [0.25, 0.3) is 0 Å². The third kappa shape index (κ3) is 4.77. The lowest BCUT2D eigenvalue weighted by atomic mass is 10.3. The molecule has 0 radical (unpaired) electrons. The first-order valence-corrected chi connectivity index (χ1v) is 5.21. The normalized spacial score (nSPS) is 13.5. The van der Waals surface area contributed by atoms with Gasteiger partial charge in [-0.3, -0.25) is 8.98 Å². The summed E-state index contributed by atoms with van der Waals surface area (Å²) in [6.45, 7) is 1.26. The van der Waals surface area contributed by atoms with Crippen LogP contribution in [0.4, 0.5) is 0 Å². The molecule has 0 aliphatic carbocycles. The number of carboxylic acids is 2. The second-order valence-corrected chi connectivity index (χ2v) is 4.25. The molecule has 0 fully saturated rings. The summed E-state index contributed by atoms with van der Waals surface area (Å²) < 4.78 is 25.8. The third-order valence-corrected chi connectivity index (χ3v) is 2.48. The minimum Gasteiger partial charge on any atom is -0.481 e. The lowest BCUT2D eigenvalue weighted by molar-refractivity contribution is -0.151. The Labute approximate surface area is 80.4 Å². The zero-order chi connectivity index (χ0) is 11.4. The van der Waals surface area contributed by atoms with Gasteiger partial charge in [-0.15, -0.1) is 0 Å². The van der Waals surface area contributed by atoms with Crippen LogP contribution in [0, 0.1) is 0 Å². The van der Waals surface area contributed by atoms with E-state index in [4.69, 9.17) is 10.2 Å². The highest BCUT2D eigenvalue weighted by atomic mass is 32.2. The maximum Gasteiger partial charge on any atom is 0.334 e. The van der Waals surface area contributed by atoms with Gasteiger partial charge in [0.2, 0.25) is 0 Å². The Balaban J connectivity index is 4.54. The largest absolute Gasteiger partial charge is 0.481 e. The molecule has 7 nitrogen and oxygen atoms in total. The van der Waals surface area contributed by atoms with E-state index in [-0.39, 0.29) is 0 Å². The summed E-state index contributed by atoms with van der Waals surface area (Å²) >= 11 is 0. The minimum atomic E-state index is -3.95. The van der Waals surface area contributed by atoms with E-state index in [0.29, 0.717) is 0 Å². The maximum absolute atomic E-state index is 10.8. The summed E-state index contributed by atoms with van der Waals surface area (Å²) in [5.41, 5.74) is 0. The van der Waals surface area contributed by atoms with Crippen LogP contribution in [-0.4, -0.2) is 42.4 Å². The molecule has 1 atom stereocenters. The zero-order valence-electron chi connectivity index (χ0n) is 7.34. The van der Waals surface area contributed by atoms with Crippen molar-refractivity contribution in [3.63, 3.8) is 0 Å². The molecular formula is C6H10O7S. The number of rotatable bonds is 6. The SMILES string of the molecule is CCS(=O)(=O)OC(CC(=O)O)C(=O)O. The average molecular weight is 226 g/mol. The van der Waals surface area contributed by atoms with Gasteiger partial charge in [-0.25, -0.2) is 4.79 Å². The highest BCUT2D eigenvalue weighted by molar-refractivity contribution is 7.86. The highest BCUT2D eigenvalue weighted by Crippen LogP contribution is 2.05. The molecule has 0 aromatic heterocycles. The molecule has 0 rings (SSSR count). The van der Waals surface area contributed by atoms with Crippen molar-refractivity contribution >= 4 is 22.1 Å². The third-order valence-electron chi connectivity index (χ3n) is 1.25. The van der Waals surface area contributed by atoms with E-state index in [1.165, 1.54) is 6.92 Å². The Kier molecular flexibility index (Phi) is 4.51. The zero-order valence-corrected chi connectivity index (χ0v) is 8.15. The fourth-order valence-electron chi connectivity index (χ4n) is 0.566. The molecule has 8 heteroatoms. The van der Waals surface area contributed by atoms with Crippen LogP contribution < -0.4 is 0 Å². The first-order valence-electron chi connectivity index (χ1n) is 3.64. The Morgan fingerprint density at radius 1 is 1.36 bits per heavy atom. The molecular weight excluding hydrogens is 216 g/mol. The molecule has 82 valence electrons. The van der Waals surface area contributed by atoms with E-state index in [1.807, 2.05) is 0 Å². The number of hydrogen-bond acceptors (Lipinski definition) is 5. The predicted molar refractivity (Wildman–Crippen MR) is 44.2 cm³/mol. The van der Waals surface area contributed by atoms with Crippen LogP contribution in [0.1, 0.15) is 13.3 Å². The van der Waals surface area contributed by atoms with Gasteiger partial charge in [0, 0.05) is 0 Å². The second kappa shape index (κ2) is 4.91. The number of carbonyl (C=O) groups is 2. The quantitative estimate of drug-likeness (QED) is 0.573. The van der Waals surface area contributed by atoms with Crippen molar-refractivity contribution in [3.8, 4) is 0 Å². The lowest BCUT2D eigenvalue weighted by Crippen LogP contribution is -2.30. The van der Waals surface area contributed by atoms with Crippen LogP contribution >= 0.6 is 0 Å². The van der Waals surface area contributed by atoms with Gasteiger partial charge in [-0.2, -0.15) is 8.42 Å². The Morgan fingerprint density at radius 2 is 1.86 bits per heavy atom. The van der Waals surface area contributed by atoms with Crippen LogP contribution in [0.3, 0.4) is 0 Å². The van der Waals surface area contributed by atoms with Gasteiger partial charge in [-0.1, -0.05) is 0 Å². The van der Waals surface area contributed by atoms with Crippen molar-refractivity contribution < 1.29 is 32.4 Å². The van der Waals surface area contributed by atoms with Gasteiger partial charge in [0.25, 0.3) is 10.1 Å². The number of hydrogen-bond donors (Lipinski definition) is 2. The van der Waals surface area contributed by atoms with Gasteiger partial charge in [0.15, 0.2) is 6.10 Å². The van der Waals surface area contributed by atoms with Gasteiger partial charge in [0.05, 0.1) is 12.2 Å². The highest BCUT2D eigenvalue weighted by Gasteiger charge is 2.27. The molecule has 0 aromatic rings. The molecule has 0 aliphatic rings. The monoisotopic (exact) mass is 226 g/mol. The van der Waals surface area contributed by atoms with Crippen molar-refractivity contribution in [2.24, 2.45) is 0 Å². The Bertz CT molecular complexity index is 317. The first kappa shape index (κ1) is 12.8. The molecule has 14 heavy (non-hydrogen) atoms. The topological polar surface area (TPSA) is 118 Å². The lowest BCUT2D eigenvalue weighted by Gasteiger charge is -2.09. The fraction of sp³-hybridized carbons (Fsp3) is 0.667. The molecule has 0 aliphatic heterocycles. The molecule has 0 amide bonds. The minimum absolute atomic E-state index is 0.406. The summed E-state index contributed by atoms with van der Waals surface area (Å²) in [5, 5.41) is 16.7. The van der Waals surface area contributed by atoms with E-state index < -0.39 is 40.3 Å². The van der Waals surface area contributed by atoms with E-state index >= 15 is 0 Å². The Hall–Kier alpha value is -1.15. The molecule has 2 N–H and O–H groups in total. The fourth-order valence-corrected chi connectivity index (χ4v) is 1.21. The number of aliphatic carboxylic acids is 2. The van der Waals surface area contributed by atoms with Crippen molar-refractivity contribution in [2.75, 3.05) is 5.75 Å². The van der Waals surface area contributed by atoms with Gasteiger partial charge >= 0.3 is 11.9 Å². The summed E-state index contributed by atoms with van der Waals surface area (Å²) in [5.74, 6) is -3.47. The molecule has 0 bridgehead atoms. The predicted octanol–water partition coefficient (Wildman–Crippen LogP) is -0.719. The maximum atomic E-state index is 10.8. The smallest absolute Gasteiger partial charge is 0.334 e. The van der Waals surface area contributed by atoms with E-state index in [1.54, 1.807) is 0 Å². The molecule has 0 heterocycles. The van der Waals surface area contributed by atoms with Crippen LogP contribution in [0.2, 0.25) is 0 Å². The van der Waals surface area contributed by atoms with Crippen molar-refractivity contribution in [3.05, 3.63) is 0 Å². The van der Waals surface area contributed by atoms with E-state index in [9.17, 15) is 18.0 Å². The van der Waals surface area contributed by atoms with Crippen LogP contribution in [-0.2, 0) is 23.9 Å². The Morgan fingerprint density at radius 3 is 2.14 bits per heavy atom. The second-order valence-electron chi connectivity index (χ2n) is 2.37. The summed E-state index contributed by atoms with van der Waals surface area (Å²) in [4.78, 5) is 20.5. The van der Waals surface area contributed by atoms with Crippen molar-refractivity contribution in [1.82, 2.24) is 0 Å². The first-order chi connectivity index (χ1) is 6.28. The van der Waals surface area contributed by atoms with Crippen molar-refractivity contribution in [2.45, 2.75) is 19.4 Å². The van der Waals surface area contributed by atoms with Crippen LogP contribution in [0.15, 0.2) is 0 Å². The average Bonchev–Trinajstić information content (AvgIpc) is 2.02. The molecule has 0 spiro atoms. The van der Waals surface area contributed by atoms with Gasteiger partial charge in [0.1, 0.15) is 0 Å².